The van der Waals surface area contributed by atoms with Crippen LogP contribution in [0.15, 0.2) is 17.9 Å². The fraction of sp³-hybridized carbons (Fsp3) is 0.111. The summed E-state index contributed by atoms with van der Waals surface area (Å²) in [5.74, 6) is 0. The van der Waals surface area contributed by atoms with Crippen LogP contribution in [0.2, 0.25) is 0 Å². The maximum absolute atomic E-state index is 12.2. The van der Waals surface area contributed by atoms with E-state index in [4.69, 9.17) is 5.73 Å². The van der Waals surface area contributed by atoms with Crippen LogP contribution in [0, 0.1) is 0 Å². The zero-order valence-corrected chi connectivity index (χ0v) is 9.16. The largest absolute Gasteiger partial charge is 0.489 e. The molecule has 2 aromatic rings. The summed E-state index contributed by atoms with van der Waals surface area (Å²) in [4.78, 5) is 7.54. The molecule has 8 heteroatoms. The van der Waals surface area contributed by atoms with Crippen molar-refractivity contribution in [2.45, 2.75) is 6.30 Å². The molecule has 0 aliphatic carbocycles. The number of aromatic nitrogens is 3. The zero-order chi connectivity index (χ0) is 12.5. The topological polar surface area (TPSA) is 56.7 Å². The number of nitrogens with two attached hydrogens (primary N) is 1. The first-order chi connectivity index (χ1) is 7.95. The molecule has 0 aliphatic rings. The molecule has 0 radical (unpaired) electrons. The van der Waals surface area contributed by atoms with E-state index < -0.39 is 6.30 Å². The molecule has 0 saturated heterocycles. The standard InChI is InChI=1S/C9H7F3N4S/c10-9(11,12)16-3-6(14-5-16)1-2-7-4-17-8(13)15-7/h1-5H,(H2,13,15)/b2-1+. The van der Waals surface area contributed by atoms with E-state index in [-0.39, 0.29) is 10.3 Å². The van der Waals surface area contributed by atoms with E-state index in [1.807, 2.05) is 0 Å². The molecule has 2 aromatic heterocycles. The maximum atomic E-state index is 12.2. The number of rotatable bonds is 2. The molecule has 0 bridgehead atoms. The zero-order valence-electron chi connectivity index (χ0n) is 8.35. The van der Waals surface area contributed by atoms with Crippen molar-refractivity contribution in [1.82, 2.24) is 14.5 Å². The molecular weight excluding hydrogens is 253 g/mol. The number of halogens is 3. The van der Waals surface area contributed by atoms with Gasteiger partial charge < -0.3 is 5.73 Å². The first-order valence-electron chi connectivity index (χ1n) is 4.45. The van der Waals surface area contributed by atoms with Gasteiger partial charge in [0.05, 0.1) is 11.4 Å². The van der Waals surface area contributed by atoms with Gasteiger partial charge in [-0.3, -0.25) is 0 Å². The highest BCUT2D eigenvalue weighted by Crippen LogP contribution is 2.22. The van der Waals surface area contributed by atoms with Crippen LogP contribution in [0.25, 0.3) is 12.2 Å². The van der Waals surface area contributed by atoms with E-state index in [2.05, 4.69) is 9.97 Å². The highest BCUT2D eigenvalue weighted by atomic mass is 32.1. The average molecular weight is 260 g/mol. The molecular formula is C9H7F3N4S. The number of nitrogens with zero attached hydrogens (tertiary/aromatic N) is 3. The summed E-state index contributed by atoms with van der Waals surface area (Å²) in [6.07, 6.45) is 0.165. The molecule has 2 heterocycles. The van der Waals surface area contributed by atoms with Crippen LogP contribution in [0.3, 0.4) is 0 Å². The average Bonchev–Trinajstić information content (AvgIpc) is 2.82. The second-order valence-corrected chi connectivity index (χ2v) is 4.01. The van der Waals surface area contributed by atoms with Gasteiger partial charge in [0, 0.05) is 11.6 Å². The third-order valence-corrected chi connectivity index (χ3v) is 2.55. The van der Waals surface area contributed by atoms with Crippen LogP contribution in [0.5, 0.6) is 0 Å². The first kappa shape index (κ1) is 11.6. The number of imidazole rings is 1. The molecule has 0 atom stereocenters. The lowest BCUT2D eigenvalue weighted by molar-refractivity contribution is -0.204. The first-order valence-corrected chi connectivity index (χ1v) is 5.33. The highest BCUT2D eigenvalue weighted by Gasteiger charge is 2.30. The number of hydrogen-bond acceptors (Lipinski definition) is 4. The van der Waals surface area contributed by atoms with Gasteiger partial charge in [0.15, 0.2) is 5.13 Å². The van der Waals surface area contributed by atoms with Gasteiger partial charge in [-0.15, -0.1) is 24.5 Å². The van der Waals surface area contributed by atoms with E-state index in [0.717, 1.165) is 12.5 Å². The summed E-state index contributed by atoms with van der Waals surface area (Å²) in [6.45, 7) is 0. The Kier molecular flexibility index (Phi) is 2.88. The van der Waals surface area contributed by atoms with Crippen molar-refractivity contribution < 1.29 is 13.2 Å². The van der Waals surface area contributed by atoms with Crippen LogP contribution in [-0.4, -0.2) is 14.5 Å². The summed E-state index contributed by atoms with van der Waals surface area (Å²) in [5.41, 5.74) is 6.21. The molecule has 2 rings (SSSR count). The van der Waals surface area contributed by atoms with Gasteiger partial charge in [-0.05, 0) is 12.2 Å². The predicted octanol–water partition coefficient (Wildman–Crippen LogP) is 2.57. The molecule has 17 heavy (non-hydrogen) atoms. The van der Waals surface area contributed by atoms with Gasteiger partial charge in [0.2, 0.25) is 0 Å². The van der Waals surface area contributed by atoms with Crippen molar-refractivity contribution >= 4 is 28.6 Å². The molecule has 0 unspecified atom stereocenters. The van der Waals surface area contributed by atoms with E-state index in [9.17, 15) is 13.2 Å². The monoisotopic (exact) mass is 260 g/mol. The molecule has 0 amide bonds. The van der Waals surface area contributed by atoms with Gasteiger partial charge in [-0.25, -0.2) is 14.5 Å². The van der Waals surface area contributed by atoms with E-state index in [1.165, 1.54) is 17.4 Å². The maximum Gasteiger partial charge on any atom is 0.489 e. The van der Waals surface area contributed by atoms with Crippen molar-refractivity contribution in [1.29, 1.82) is 0 Å². The van der Waals surface area contributed by atoms with E-state index in [1.54, 1.807) is 11.5 Å². The molecule has 0 fully saturated rings. The SMILES string of the molecule is Nc1nc(/C=C/c2cn(C(F)(F)F)cn2)cs1. The second-order valence-electron chi connectivity index (χ2n) is 3.12. The van der Waals surface area contributed by atoms with Crippen LogP contribution in [0.4, 0.5) is 18.3 Å². The molecule has 90 valence electrons. The highest BCUT2D eigenvalue weighted by molar-refractivity contribution is 7.13. The Morgan fingerprint density at radius 3 is 2.53 bits per heavy atom. The lowest BCUT2D eigenvalue weighted by atomic mass is 10.3. The fourth-order valence-corrected chi connectivity index (χ4v) is 1.64. The summed E-state index contributed by atoms with van der Waals surface area (Å²) >= 11 is 1.26. The Balaban J connectivity index is 2.14. The summed E-state index contributed by atoms with van der Waals surface area (Å²) < 4.78 is 36.8. The Bertz CT molecular complexity index is 540. The van der Waals surface area contributed by atoms with Crippen molar-refractivity contribution in [2.75, 3.05) is 5.73 Å². The van der Waals surface area contributed by atoms with Gasteiger partial charge in [0.25, 0.3) is 0 Å². The second kappa shape index (κ2) is 4.21. The molecule has 0 spiro atoms. The fourth-order valence-electron chi connectivity index (χ4n) is 1.11. The third-order valence-electron chi connectivity index (χ3n) is 1.86. The normalized spacial score (nSPS) is 12.4. The molecule has 0 saturated carbocycles. The van der Waals surface area contributed by atoms with Gasteiger partial charge in [-0.2, -0.15) is 0 Å². The number of anilines is 1. The Hall–Kier alpha value is -1.83. The smallest absolute Gasteiger partial charge is 0.375 e. The molecule has 0 aliphatic heterocycles. The Labute approximate surface area is 98.2 Å². The predicted molar refractivity (Wildman–Crippen MR) is 59.0 cm³/mol. The number of thiazole rings is 1. The van der Waals surface area contributed by atoms with Crippen molar-refractivity contribution in [3.05, 3.63) is 29.3 Å². The molecule has 0 aromatic carbocycles. The summed E-state index contributed by atoms with van der Waals surface area (Å²) in [6, 6.07) is 0. The number of hydrogen-bond donors (Lipinski definition) is 1. The number of nitrogen functional groups attached to an aromatic ring is 1. The summed E-state index contributed by atoms with van der Waals surface area (Å²) in [7, 11) is 0. The Morgan fingerprint density at radius 1 is 1.29 bits per heavy atom. The third kappa shape index (κ3) is 2.84. The minimum atomic E-state index is -4.44. The lowest BCUT2D eigenvalue weighted by Crippen LogP contribution is -2.13. The van der Waals surface area contributed by atoms with Crippen LogP contribution < -0.4 is 5.73 Å². The van der Waals surface area contributed by atoms with E-state index >= 15 is 0 Å². The van der Waals surface area contributed by atoms with Gasteiger partial charge in [-0.1, -0.05) is 0 Å². The Morgan fingerprint density at radius 2 is 2.00 bits per heavy atom. The molecule has 2 N–H and O–H groups in total. The van der Waals surface area contributed by atoms with Gasteiger partial charge >= 0.3 is 6.30 Å². The summed E-state index contributed by atoms with van der Waals surface area (Å²) in [5, 5.41) is 2.11. The van der Waals surface area contributed by atoms with Gasteiger partial charge in [0.1, 0.15) is 6.33 Å². The molecule has 4 nitrogen and oxygen atoms in total. The van der Waals surface area contributed by atoms with E-state index in [0.29, 0.717) is 10.8 Å². The van der Waals surface area contributed by atoms with Crippen molar-refractivity contribution in [2.24, 2.45) is 0 Å². The minimum absolute atomic E-state index is 0.0854. The van der Waals surface area contributed by atoms with Crippen LogP contribution >= 0.6 is 11.3 Å². The van der Waals surface area contributed by atoms with Crippen molar-refractivity contribution in [3.63, 3.8) is 0 Å². The van der Waals surface area contributed by atoms with Crippen molar-refractivity contribution in [3.8, 4) is 0 Å². The quantitative estimate of drug-likeness (QED) is 0.902. The van der Waals surface area contributed by atoms with Crippen LogP contribution in [0.1, 0.15) is 11.4 Å². The van der Waals surface area contributed by atoms with Crippen LogP contribution in [-0.2, 0) is 6.30 Å². The lowest BCUT2D eigenvalue weighted by Gasteiger charge is -2.04. The minimum Gasteiger partial charge on any atom is -0.375 e. The number of alkyl halides is 3.